The number of hydrogen-bond donors (Lipinski definition) is 0. The molecular weight excluding hydrogens is 533 g/mol. The van der Waals surface area contributed by atoms with Crippen molar-refractivity contribution in [1.29, 1.82) is 0 Å². The van der Waals surface area contributed by atoms with E-state index in [9.17, 15) is 18.4 Å². The largest absolute Gasteiger partial charge is 0.293 e. The molecule has 2 aromatic heterocycles. The van der Waals surface area contributed by atoms with E-state index in [1.54, 1.807) is 4.57 Å². The van der Waals surface area contributed by atoms with Gasteiger partial charge in [-0.1, -0.05) is 42.2 Å². The maximum absolute atomic E-state index is 13.7. The van der Waals surface area contributed by atoms with Crippen molar-refractivity contribution < 1.29 is 13.6 Å². The first-order chi connectivity index (χ1) is 17.9. The van der Waals surface area contributed by atoms with E-state index in [2.05, 4.69) is 6.92 Å². The third-order valence-corrected chi connectivity index (χ3v) is 8.05. The molecule has 5 rings (SSSR count). The minimum atomic E-state index is -0.441. The van der Waals surface area contributed by atoms with Gasteiger partial charge in [-0.15, -0.1) is 0 Å². The molecule has 0 saturated carbocycles. The summed E-state index contributed by atoms with van der Waals surface area (Å²) in [6.07, 6.45) is 0.888. The highest BCUT2D eigenvalue weighted by Gasteiger charge is 2.20. The highest BCUT2D eigenvalue weighted by molar-refractivity contribution is 7.99. The first-order valence-electron chi connectivity index (χ1n) is 11.3. The number of fused-ring (bicyclic) bond motifs is 1. The Morgan fingerprint density at radius 2 is 1.49 bits per heavy atom. The van der Waals surface area contributed by atoms with Crippen molar-refractivity contribution in [2.24, 2.45) is 0 Å². The fourth-order valence-electron chi connectivity index (χ4n) is 3.81. The lowest BCUT2D eigenvalue weighted by Gasteiger charge is -2.13. The lowest BCUT2D eigenvalue weighted by molar-refractivity contribution is 0.102. The molecule has 37 heavy (non-hydrogen) atoms. The van der Waals surface area contributed by atoms with Crippen molar-refractivity contribution in [3.63, 3.8) is 0 Å². The first-order valence-corrected chi connectivity index (χ1v) is 13.5. The van der Waals surface area contributed by atoms with Crippen LogP contribution in [0.15, 0.2) is 82.7 Å². The van der Waals surface area contributed by atoms with E-state index in [1.807, 2.05) is 24.3 Å². The van der Waals surface area contributed by atoms with Crippen LogP contribution in [0.1, 0.15) is 22.8 Å². The molecule has 2 heterocycles. The monoisotopic (exact) mass is 551 g/mol. The SMILES string of the molecule is CCc1ccc(-n2c(=S)sc3c(=O)n(-c4ccc(F)cc4)c(SCC(=O)c4ccc(F)cc4)nc32)cc1. The highest BCUT2D eigenvalue weighted by Crippen LogP contribution is 2.28. The van der Waals surface area contributed by atoms with Crippen molar-refractivity contribution in [3.8, 4) is 11.4 Å². The Labute approximate surface area is 224 Å². The minimum absolute atomic E-state index is 0.0408. The van der Waals surface area contributed by atoms with Gasteiger partial charge in [-0.25, -0.2) is 13.8 Å². The van der Waals surface area contributed by atoms with E-state index in [0.29, 0.717) is 25.6 Å². The first kappa shape index (κ1) is 25.2. The summed E-state index contributed by atoms with van der Waals surface area (Å²) in [6, 6.07) is 18.6. The molecule has 3 aromatic carbocycles. The molecule has 5 nitrogen and oxygen atoms in total. The molecule has 0 saturated heterocycles. The Kier molecular flexibility index (Phi) is 7.14. The number of carbonyl (C=O) groups excluding carboxylic acids is 1. The van der Waals surface area contributed by atoms with E-state index in [0.717, 1.165) is 40.8 Å². The van der Waals surface area contributed by atoms with Crippen LogP contribution < -0.4 is 5.56 Å². The standard InChI is InChI=1S/C27H19F2N3O2S3/c1-2-16-3-11-20(12-4-16)31-24-23(37-27(31)35)25(34)32(21-13-9-19(29)10-14-21)26(30-24)36-15-22(33)17-5-7-18(28)8-6-17/h3-14H,2,15H2,1H3. The summed E-state index contributed by atoms with van der Waals surface area (Å²) >= 11 is 7.83. The Balaban J connectivity index is 1.65. The van der Waals surface area contributed by atoms with Crippen LogP contribution in [-0.4, -0.2) is 25.7 Å². The summed E-state index contributed by atoms with van der Waals surface area (Å²) in [5.41, 5.74) is 2.72. The van der Waals surface area contributed by atoms with Gasteiger partial charge in [0.15, 0.2) is 20.5 Å². The van der Waals surface area contributed by atoms with E-state index < -0.39 is 11.6 Å². The summed E-state index contributed by atoms with van der Waals surface area (Å²) < 4.78 is 30.8. The zero-order valence-corrected chi connectivity index (χ0v) is 21.9. The molecule has 10 heteroatoms. The predicted octanol–water partition coefficient (Wildman–Crippen LogP) is 6.78. The van der Waals surface area contributed by atoms with Gasteiger partial charge in [-0.2, -0.15) is 0 Å². The molecule has 0 atom stereocenters. The van der Waals surface area contributed by atoms with Gasteiger partial charge in [-0.05, 0) is 84.9 Å². The number of aryl methyl sites for hydroxylation is 1. The van der Waals surface area contributed by atoms with Gasteiger partial charge >= 0.3 is 0 Å². The summed E-state index contributed by atoms with van der Waals surface area (Å²) in [4.78, 5) is 31.3. The number of nitrogens with zero attached hydrogens (tertiary/aromatic N) is 3. The van der Waals surface area contributed by atoms with Crippen LogP contribution in [0.25, 0.3) is 21.7 Å². The molecule has 5 aromatic rings. The molecule has 0 N–H and O–H groups in total. The molecule has 186 valence electrons. The van der Waals surface area contributed by atoms with Crippen LogP contribution in [-0.2, 0) is 6.42 Å². The fraction of sp³-hybridized carbons (Fsp3) is 0.111. The van der Waals surface area contributed by atoms with Crippen LogP contribution in [0.2, 0.25) is 0 Å². The normalized spacial score (nSPS) is 11.2. The predicted molar refractivity (Wildman–Crippen MR) is 146 cm³/mol. The Hall–Kier alpha value is -3.47. The quantitative estimate of drug-likeness (QED) is 0.0966. The second-order valence-electron chi connectivity index (χ2n) is 8.11. The molecule has 0 radical (unpaired) electrons. The zero-order chi connectivity index (χ0) is 26.1. The van der Waals surface area contributed by atoms with Gasteiger partial charge in [0.05, 0.1) is 11.4 Å². The molecule has 0 spiro atoms. The fourth-order valence-corrected chi connectivity index (χ4v) is 6.01. The average molecular weight is 552 g/mol. The van der Waals surface area contributed by atoms with Crippen molar-refractivity contribution in [1.82, 2.24) is 14.1 Å². The van der Waals surface area contributed by atoms with Gasteiger partial charge in [-0.3, -0.25) is 18.7 Å². The number of carbonyl (C=O) groups is 1. The number of ketones is 1. The van der Waals surface area contributed by atoms with Crippen LogP contribution >= 0.6 is 35.3 Å². The van der Waals surface area contributed by atoms with Gasteiger partial charge in [0.1, 0.15) is 16.3 Å². The summed E-state index contributed by atoms with van der Waals surface area (Å²) in [5.74, 6) is -1.16. The average Bonchev–Trinajstić information content (AvgIpc) is 3.24. The van der Waals surface area contributed by atoms with Crippen LogP contribution in [0.5, 0.6) is 0 Å². The number of thiazole rings is 1. The Morgan fingerprint density at radius 1 is 0.919 bits per heavy atom. The van der Waals surface area contributed by atoms with Crippen LogP contribution in [0.4, 0.5) is 8.78 Å². The molecule has 0 aliphatic carbocycles. The number of aromatic nitrogens is 3. The highest BCUT2D eigenvalue weighted by atomic mass is 32.2. The van der Waals surface area contributed by atoms with Crippen molar-refractivity contribution in [3.05, 3.63) is 110 Å². The smallest absolute Gasteiger partial charge is 0.278 e. The van der Waals surface area contributed by atoms with Crippen LogP contribution in [0.3, 0.4) is 0 Å². The summed E-state index contributed by atoms with van der Waals surface area (Å²) in [6.45, 7) is 2.07. The minimum Gasteiger partial charge on any atom is -0.293 e. The third kappa shape index (κ3) is 5.04. The molecule has 0 amide bonds. The third-order valence-electron chi connectivity index (χ3n) is 5.76. The summed E-state index contributed by atoms with van der Waals surface area (Å²) in [7, 11) is 0. The number of rotatable bonds is 7. The maximum atomic E-state index is 13.7. The zero-order valence-electron chi connectivity index (χ0n) is 19.5. The number of thioether (sulfide) groups is 1. The molecular formula is C27H19F2N3O2S3. The van der Waals surface area contributed by atoms with Gasteiger partial charge in [0.2, 0.25) is 0 Å². The lowest BCUT2D eigenvalue weighted by Crippen LogP contribution is -2.22. The topological polar surface area (TPSA) is 56.9 Å². The van der Waals surface area contributed by atoms with Gasteiger partial charge < -0.3 is 0 Å². The van der Waals surface area contributed by atoms with Crippen molar-refractivity contribution >= 4 is 51.4 Å². The van der Waals surface area contributed by atoms with E-state index >= 15 is 0 Å². The van der Waals surface area contributed by atoms with E-state index in [-0.39, 0.29) is 22.3 Å². The molecule has 0 aliphatic heterocycles. The van der Waals surface area contributed by atoms with E-state index in [4.69, 9.17) is 17.2 Å². The van der Waals surface area contributed by atoms with E-state index in [1.165, 1.54) is 53.1 Å². The molecule has 0 aliphatic rings. The number of Topliss-reactive ketones (excluding diaryl/α,β-unsaturated/α-hetero) is 1. The molecule has 0 unspecified atom stereocenters. The number of hydrogen-bond acceptors (Lipinski definition) is 6. The molecule has 0 bridgehead atoms. The lowest BCUT2D eigenvalue weighted by atomic mass is 10.1. The molecule has 0 fully saturated rings. The Morgan fingerprint density at radius 3 is 2.11 bits per heavy atom. The van der Waals surface area contributed by atoms with Crippen molar-refractivity contribution in [2.45, 2.75) is 18.5 Å². The Bertz CT molecular complexity index is 1720. The van der Waals surface area contributed by atoms with Gasteiger partial charge in [0, 0.05) is 11.3 Å². The second-order valence-corrected chi connectivity index (χ2v) is 10.7. The summed E-state index contributed by atoms with van der Waals surface area (Å²) in [5, 5.41) is 0.256. The van der Waals surface area contributed by atoms with Gasteiger partial charge in [0.25, 0.3) is 5.56 Å². The number of benzene rings is 3. The number of halogens is 2. The van der Waals surface area contributed by atoms with Crippen molar-refractivity contribution in [2.75, 3.05) is 5.75 Å². The van der Waals surface area contributed by atoms with Crippen LogP contribution in [0, 0.1) is 15.6 Å². The maximum Gasteiger partial charge on any atom is 0.278 e. The second kappa shape index (κ2) is 10.5.